The summed E-state index contributed by atoms with van der Waals surface area (Å²) in [5.74, 6) is 0.0334. The molecule has 1 amide bonds. The number of β-amino-alcohol motifs (C(OH)–C–C–N with tert-alkyl or cyclic N) is 1. The van der Waals surface area contributed by atoms with Crippen molar-refractivity contribution in [3.63, 3.8) is 0 Å². The van der Waals surface area contributed by atoms with Gasteiger partial charge in [-0.05, 0) is 0 Å². The van der Waals surface area contributed by atoms with E-state index in [9.17, 15) is 9.90 Å². The molecule has 0 aliphatic carbocycles. The van der Waals surface area contributed by atoms with Gasteiger partial charge in [0.25, 0.3) is 0 Å². The molecular weight excluding hydrogens is 160 g/mol. The molecule has 0 aromatic rings. The summed E-state index contributed by atoms with van der Waals surface area (Å²) in [6, 6.07) is 0. The average Bonchev–Trinajstić information content (AvgIpc) is 2.36. The van der Waals surface area contributed by atoms with E-state index < -0.39 is 12.2 Å². The van der Waals surface area contributed by atoms with Crippen LogP contribution >= 0.6 is 0 Å². The van der Waals surface area contributed by atoms with E-state index in [-0.39, 0.29) is 5.92 Å². The molecule has 1 heterocycles. The Morgan fingerprint density at radius 1 is 1.67 bits per heavy atom. The van der Waals surface area contributed by atoms with Gasteiger partial charge < -0.3 is 20.4 Å². The molecule has 70 valence electrons. The normalized spacial score (nSPS) is 28.8. The van der Waals surface area contributed by atoms with E-state index in [1.807, 2.05) is 0 Å². The number of aliphatic hydroxyl groups excluding tert-OH is 1. The third kappa shape index (κ3) is 2.09. The summed E-state index contributed by atoms with van der Waals surface area (Å²) < 4.78 is 0. The van der Waals surface area contributed by atoms with E-state index in [1.54, 1.807) is 0 Å². The lowest BCUT2D eigenvalue weighted by Crippen LogP contribution is -2.35. The molecule has 1 fully saturated rings. The topological polar surface area (TPSA) is 72.8 Å². The molecule has 0 unspecified atom stereocenters. The minimum Gasteiger partial charge on any atom is -0.465 e. The summed E-state index contributed by atoms with van der Waals surface area (Å²) in [7, 11) is 1.51. The highest BCUT2D eigenvalue weighted by Crippen LogP contribution is 2.09. The summed E-state index contributed by atoms with van der Waals surface area (Å²) in [6.45, 7) is 1.65. The van der Waals surface area contributed by atoms with E-state index in [4.69, 9.17) is 5.11 Å². The van der Waals surface area contributed by atoms with E-state index >= 15 is 0 Å². The summed E-state index contributed by atoms with van der Waals surface area (Å²) in [6.07, 6.45) is -1.36. The number of hydrogen-bond donors (Lipinski definition) is 3. The molecular formula is C7H14N2O3. The summed E-state index contributed by atoms with van der Waals surface area (Å²) in [5.41, 5.74) is 0. The highest BCUT2D eigenvalue weighted by Gasteiger charge is 2.26. The molecule has 3 N–H and O–H groups in total. The Hall–Kier alpha value is -0.810. The number of nitrogens with zero attached hydrogens (tertiary/aromatic N) is 1. The first-order valence-electron chi connectivity index (χ1n) is 3.94. The first kappa shape index (κ1) is 9.28. The number of rotatable bonds is 2. The van der Waals surface area contributed by atoms with Crippen molar-refractivity contribution in [1.29, 1.82) is 0 Å². The van der Waals surface area contributed by atoms with Crippen LogP contribution in [0.25, 0.3) is 0 Å². The third-order valence-electron chi connectivity index (χ3n) is 2.14. The van der Waals surface area contributed by atoms with Crippen molar-refractivity contribution in [3.8, 4) is 0 Å². The zero-order chi connectivity index (χ0) is 9.14. The maximum atomic E-state index is 10.4. The van der Waals surface area contributed by atoms with Crippen LogP contribution in [0.5, 0.6) is 0 Å². The maximum Gasteiger partial charge on any atom is 0.407 e. The molecule has 0 aromatic heterocycles. The molecule has 0 radical (unpaired) electrons. The van der Waals surface area contributed by atoms with Crippen molar-refractivity contribution in [1.82, 2.24) is 10.2 Å². The van der Waals surface area contributed by atoms with Crippen molar-refractivity contribution < 1.29 is 15.0 Å². The molecule has 12 heavy (non-hydrogen) atoms. The number of nitrogens with one attached hydrogen (secondary N) is 1. The van der Waals surface area contributed by atoms with Gasteiger partial charge in [-0.3, -0.25) is 0 Å². The summed E-state index contributed by atoms with van der Waals surface area (Å²) in [4.78, 5) is 11.6. The van der Waals surface area contributed by atoms with Crippen molar-refractivity contribution in [2.24, 2.45) is 5.92 Å². The highest BCUT2D eigenvalue weighted by atomic mass is 16.4. The van der Waals surface area contributed by atoms with Crippen LogP contribution in [0.1, 0.15) is 0 Å². The molecule has 5 nitrogen and oxygen atoms in total. The van der Waals surface area contributed by atoms with Gasteiger partial charge in [0.05, 0.1) is 6.10 Å². The second-order valence-electron chi connectivity index (χ2n) is 3.15. The minimum atomic E-state index is -0.950. The van der Waals surface area contributed by atoms with E-state index in [1.165, 1.54) is 11.9 Å². The molecule has 1 rings (SSSR count). The second-order valence-corrected chi connectivity index (χ2v) is 3.15. The van der Waals surface area contributed by atoms with Gasteiger partial charge in [-0.25, -0.2) is 4.79 Å². The van der Waals surface area contributed by atoms with Gasteiger partial charge in [-0.2, -0.15) is 0 Å². The minimum absolute atomic E-state index is 0.0334. The Balaban J connectivity index is 2.35. The number of aliphatic hydroxyl groups is 1. The Labute approximate surface area is 71.0 Å². The second kappa shape index (κ2) is 3.73. The standard InChI is InChI=1S/C7H14N2O3/c1-9(7(11)12)4-5-2-8-3-6(5)10/h5-6,8,10H,2-4H2,1H3,(H,11,12)/t5-,6+/m1/s1. The van der Waals surface area contributed by atoms with Crippen molar-refractivity contribution >= 4 is 6.09 Å². The zero-order valence-corrected chi connectivity index (χ0v) is 7.03. The van der Waals surface area contributed by atoms with E-state index in [2.05, 4.69) is 5.32 Å². The van der Waals surface area contributed by atoms with Crippen LogP contribution < -0.4 is 5.32 Å². The maximum absolute atomic E-state index is 10.4. The van der Waals surface area contributed by atoms with Crippen molar-refractivity contribution in [2.75, 3.05) is 26.7 Å². The van der Waals surface area contributed by atoms with Crippen LogP contribution in [-0.4, -0.2) is 54.0 Å². The molecule has 5 heteroatoms. The smallest absolute Gasteiger partial charge is 0.407 e. The zero-order valence-electron chi connectivity index (χ0n) is 7.03. The number of carboxylic acid groups (broad SMARTS) is 1. The predicted octanol–water partition coefficient (Wildman–Crippen LogP) is -0.823. The summed E-state index contributed by atoms with van der Waals surface area (Å²) >= 11 is 0. The van der Waals surface area contributed by atoms with Gasteiger partial charge in [0.2, 0.25) is 0 Å². The Morgan fingerprint density at radius 2 is 2.33 bits per heavy atom. The molecule has 0 bridgehead atoms. The van der Waals surface area contributed by atoms with Crippen LogP contribution in [0.4, 0.5) is 4.79 Å². The molecule has 2 atom stereocenters. The lowest BCUT2D eigenvalue weighted by atomic mass is 10.1. The number of amides is 1. The van der Waals surface area contributed by atoms with Crippen LogP contribution in [-0.2, 0) is 0 Å². The van der Waals surface area contributed by atoms with Crippen LogP contribution in [0.15, 0.2) is 0 Å². The highest BCUT2D eigenvalue weighted by molar-refractivity contribution is 5.64. The SMILES string of the molecule is CN(C[C@H]1CNC[C@@H]1O)C(=O)O. The van der Waals surface area contributed by atoms with Crippen LogP contribution in [0.2, 0.25) is 0 Å². The Kier molecular flexibility index (Phi) is 2.88. The lowest BCUT2D eigenvalue weighted by Gasteiger charge is -2.19. The van der Waals surface area contributed by atoms with Crippen LogP contribution in [0.3, 0.4) is 0 Å². The fourth-order valence-corrected chi connectivity index (χ4v) is 1.34. The molecule has 0 saturated carbocycles. The average molecular weight is 174 g/mol. The first-order chi connectivity index (χ1) is 5.61. The van der Waals surface area contributed by atoms with Crippen molar-refractivity contribution in [2.45, 2.75) is 6.10 Å². The molecule has 0 aromatic carbocycles. The van der Waals surface area contributed by atoms with E-state index in [0.717, 1.165) is 0 Å². The molecule has 0 spiro atoms. The fraction of sp³-hybridized carbons (Fsp3) is 0.857. The van der Waals surface area contributed by atoms with Gasteiger partial charge >= 0.3 is 6.09 Å². The fourth-order valence-electron chi connectivity index (χ4n) is 1.34. The lowest BCUT2D eigenvalue weighted by molar-refractivity contribution is 0.112. The number of hydrogen-bond acceptors (Lipinski definition) is 3. The van der Waals surface area contributed by atoms with Gasteiger partial charge in [0.1, 0.15) is 0 Å². The monoisotopic (exact) mass is 174 g/mol. The quantitative estimate of drug-likeness (QED) is 0.511. The summed E-state index contributed by atoms with van der Waals surface area (Å²) in [5, 5.41) is 20.9. The largest absolute Gasteiger partial charge is 0.465 e. The number of carbonyl (C=O) groups is 1. The third-order valence-corrected chi connectivity index (χ3v) is 2.14. The first-order valence-corrected chi connectivity index (χ1v) is 3.94. The van der Waals surface area contributed by atoms with Crippen LogP contribution in [0, 0.1) is 5.92 Å². The molecule has 1 saturated heterocycles. The Morgan fingerprint density at radius 3 is 2.75 bits per heavy atom. The van der Waals surface area contributed by atoms with Gasteiger partial charge in [-0.15, -0.1) is 0 Å². The van der Waals surface area contributed by atoms with Crippen molar-refractivity contribution in [3.05, 3.63) is 0 Å². The van der Waals surface area contributed by atoms with Gasteiger partial charge in [-0.1, -0.05) is 0 Å². The van der Waals surface area contributed by atoms with E-state index in [0.29, 0.717) is 19.6 Å². The van der Waals surface area contributed by atoms with Gasteiger partial charge in [0, 0.05) is 32.6 Å². The molecule has 1 aliphatic heterocycles. The Bertz CT molecular complexity index is 174. The van der Waals surface area contributed by atoms with Gasteiger partial charge in [0.15, 0.2) is 0 Å². The molecule has 1 aliphatic rings. The predicted molar refractivity (Wildman–Crippen MR) is 43.0 cm³/mol.